The van der Waals surface area contributed by atoms with Gasteiger partial charge < -0.3 is 14.6 Å². The highest BCUT2D eigenvalue weighted by molar-refractivity contribution is 5.39. The van der Waals surface area contributed by atoms with Crippen molar-refractivity contribution in [2.75, 3.05) is 27.4 Å². The number of benzene rings is 1. The molecule has 100 valence electrons. The molecule has 0 aromatic heterocycles. The van der Waals surface area contributed by atoms with Gasteiger partial charge in [0, 0.05) is 37.4 Å². The average molecular weight is 251 g/mol. The first-order valence-electron chi connectivity index (χ1n) is 6.34. The molecule has 1 N–H and O–H groups in total. The quantitative estimate of drug-likeness (QED) is 0.889. The summed E-state index contributed by atoms with van der Waals surface area (Å²) >= 11 is 0. The van der Waals surface area contributed by atoms with E-state index in [2.05, 4.69) is 11.9 Å². The maximum absolute atomic E-state index is 9.94. The molecule has 1 fully saturated rings. The molecule has 0 amide bonds. The SMILES string of the molecule is COc1ccc(CN(C)C2CCOCC2)c(O)c1. The van der Waals surface area contributed by atoms with Crippen molar-refractivity contribution >= 4 is 0 Å². The molecule has 1 aromatic rings. The van der Waals surface area contributed by atoms with E-state index in [1.807, 2.05) is 12.1 Å². The standard InChI is InChI=1S/C14H21NO3/c1-15(12-5-7-18-8-6-12)10-11-3-4-13(17-2)9-14(11)16/h3-4,9,12,16H,5-8,10H2,1-2H3. The van der Waals surface area contributed by atoms with Crippen LogP contribution in [0.1, 0.15) is 18.4 Å². The highest BCUT2D eigenvalue weighted by Gasteiger charge is 2.19. The van der Waals surface area contributed by atoms with Crippen LogP contribution in [0, 0.1) is 0 Å². The molecule has 0 spiro atoms. The average Bonchev–Trinajstić information content (AvgIpc) is 2.42. The molecule has 1 aromatic carbocycles. The van der Waals surface area contributed by atoms with Crippen LogP contribution in [-0.2, 0) is 11.3 Å². The Bertz CT molecular complexity index is 389. The third-order valence-corrected chi connectivity index (χ3v) is 3.53. The smallest absolute Gasteiger partial charge is 0.123 e. The molecule has 0 unspecified atom stereocenters. The first-order valence-corrected chi connectivity index (χ1v) is 6.34. The van der Waals surface area contributed by atoms with Crippen LogP contribution in [0.5, 0.6) is 11.5 Å². The lowest BCUT2D eigenvalue weighted by Gasteiger charge is -2.31. The normalized spacial score (nSPS) is 17.1. The predicted molar refractivity (Wildman–Crippen MR) is 70.0 cm³/mol. The summed E-state index contributed by atoms with van der Waals surface area (Å²) in [6, 6.07) is 6.00. The summed E-state index contributed by atoms with van der Waals surface area (Å²) in [6.45, 7) is 2.42. The summed E-state index contributed by atoms with van der Waals surface area (Å²) in [6.07, 6.45) is 2.13. The molecular weight excluding hydrogens is 230 g/mol. The van der Waals surface area contributed by atoms with E-state index in [1.165, 1.54) is 0 Å². The van der Waals surface area contributed by atoms with Crippen molar-refractivity contribution in [3.8, 4) is 11.5 Å². The van der Waals surface area contributed by atoms with Gasteiger partial charge in [-0.2, -0.15) is 0 Å². The third-order valence-electron chi connectivity index (χ3n) is 3.53. The summed E-state index contributed by atoms with van der Waals surface area (Å²) in [5.74, 6) is 0.984. The zero-order valence-corrected chi connectivity index (χ0v) is 11.1. The van der Waals surface area contributed by atoms with E-state index in [0.29, 0.717) is 17.5 Å². The largest absolute Gasteiger partial charge is 0.507 e. The minimum Gasteiger partial charge on any atom is -0.507 e. The Balaban J connectivity index is 1.99. The molecular formula is C14H21NO3. The fourth-order valence-corrected chi connectivity index (χ4v) is 2.33. The van der Waals surface area contributed by atoms with Crippen molar-refractivity contribution in [1.29, 1.82) is 0 Å². The Kier molecular flexibility index (Phi) is 4.44. The first-order chi connectivity index (χ1) is 8.70. The number of phenolic OH excluding ortho intramolecular Hbond substituents is 1. The Morgan fingerprint density at radius 2 is 2.11 bits per heavy atom. The van der Waals surface area contributed by atoms with Crippen LogP contribution in [0.15, 0.2) is 18.2 Å². The zero-order chi connectivity index (χ0) is 13.0. The van der Waals surface area contributed by atoms with E-state index in [4.69, 9.17) is 9.47 Å². The molecule has 1 heterocycles. The van der Waals surface area contributed by atoms with Crippen LogP contribution in [0.2, 0.25) is 0 Å². The molecule has 2 rings (SSSR count). The van der Waals surface area contributed by atoms with Crippen molar-refractivity contribution in [3.05, 3.63) is 23.8 Å². The molecule has 0 saturated carbocycles. The number of phenols is 1. The maximum Gasteiger partial charge on any atom is 0.123 e. The van der Waals surface area contributed by atoms with Gasteiger partial charge in [0.2, 0.25) is 0 Å². The number of rotatable bonds is 4. The van der Waals surface area contributed by atoms with Crippen molar-refractivity contribution in [2.24, 2.45) is 0 Å². The molecule has 1 aliphatic heterocycles. The summed E-state index contributed by atoms with van der Waals surface area (Å²) < 4.78 is 10.4. The van der Waals surface area contributed by atoms with Gasteiger partial charge in [-0.25, -0.2) is 0 Å². The molecule has 0 radical (unpaired) electrons. The minimum atomic E-state index is 0.299. The van der Waals surface area contributed by atoms with Gasteiger partial charge in [0.1, 0.15) is 11.5 Å². The number of hydrogen-bond donors (Lipinski definition) is 1. The van der Waals surface area contributed by atoms with E-state index in [-0.39, 0.29) is 0 Å². The van der Waals surface area contributed by atoms with Crippen molar-refractivity contribution in [1.82, 2.24) is 4.90 Å². The van der Waals surface area contributed by atoms with Gasteiger partial charge >= 0.3 is 0 Å². The van der Waals surface area contributed by atoms with Gasteiger partial charge in [-0.1, -0.05) is 6.07 Å². The maximum atomic E-state index is 9.94. The fourth-order valence-electron chi connectivity index (χ4n) is 2.33. The van der Waals surface area contributed by atoms with Gasteiger partial charge in [-0.15, -0.1) is 0 Å². The number of aromatic hydroxyl groups is 1. The highest BCUT2D eigenvalue weighted by atomic mass is 16.5. The number of ether oxygens (including phenoxy) is 2. The number of nitrogens with zero attached hydrogens (tertiary/aromatic N) is 1. The van der Waals surface area contributed by atoms with Gasteiger partial charge in [-0.3, -0.25) is 4.90 Å². The summed E-state index contributed by atoms with van der Waals surface area (Å²) in [4.78, 5) is 2.28. The van der Waals surface area contributed by atoms with Crippen LogP contribution in [0.25, 0.3) is 0 Å². The van der Waals surface area contributed by atoms with Gasteiger partial charge in [-0.05, 0) is 26.0 Å². The van der Waals surface area contributed by atoms with Crippen LogP contribution >= 0.6 is 0 Å². The lowest BCUT2D eigenvalue weighted by molar-refractivity contribution is 0.0405. The van der Waals surface area contributed by atoms with Crippen LogP contribution in [0.3, 0.4) is 0 Å². The molecule has 4 heteroatoms. The van der Waals surface area contributed by atoms with Crippen LogP contribution < -0.4 is 4.74 Å². The zero-order valence-electron chi connectivity index (χ0n) is 11.1. The van der Waals surface area contributed by atoms with Crippen molar-refractivity contribution in [2.45, 2.75) is 25.4 Å². The molecule has 0 atom stereocenters. The van der Waals surface area contributed by atoms with E-state index in [9.17, 15) is 5.11 Å². The number of methoxy groups -OCH3 is 1. The lowest BCUT2D eigenvalue weighted by Crippen LogP contribution is -2.36. The second-order valence-electron chi connectivity index (χ2n) is 4.75. The molecule has 1 aliphatic rings. The molecule has 0 bridgehead atoms. The molecule has 18 heavy (non-hydrogen) atoms. The van der Waals surface area contributed by atoms with E-state index in [1.54, 1.807) is 13.2 Å². The van der Waals surface area contributed by atoms with Crippen molar-refractivity contribution in [3.63, 3.8) is 0 Å². The van der Waals surface area contributed by atoms with E-state index < -0.39 is 0 Å². The fraction of sp³-hybridized carbons (Fsp3) is 0.571. The lowest BCUT2D eigenvalue weighted by atomic mass is 10.1. The molecule has 1 saturated heterocycles. The van der Waals surface area contributed by atoms with Gasteiger partial charge in [0.15, 0.2) is 0 Å². The monoisotopic (exact) mass is 251 g/mol. The highest BCUT2D eigenvalue weighted by Crippen LogP contribution is 2.25. The van der Waals surface area contributed by atoms with Gasteiger partial charge in [0.05, 0.1) is 7.11 Å². The van der Waals surface area contributed by atoms with Crippen molar-refractivity contribution < 1.29 is 14.6 Å². The predicted octanol–water partition coefficient (Wildman–Crippen LogP) is 2.01. The third kappa shape index (κ3) is 3.15. The Morgan fingerprint density at radius 3 is 2.72 bits per heavy atom. The second-order valence-corrected chi connectivity index (χ2v) is 4.75. The Hall–Kier alpha value is -1.26. The Labute approximate surface area is 108 Å². The first kappa shape index (κ1) is 13.2. The van der Waals surface area contributed by atoms with Crippen LogP contribution in [0.4, 0.5) is 0 Å². The topological polar surface area (TPSA) is 41.9 Å². The molecule has 0 aliphatic carbocycles. The second kappa shape index (κ2) is 6.07. The van der Waals surface area contributed by atoms with E-state index >= 15 is 0 Å². The Morgan fingerprint density at radius 1 is 1.39 bits per heavy atom. The summed E-state index contributed by atoms with van der Waals surface area (Å²) in [7, 11) is 3.70. The van der Waals surface area contributed by atoms with E-state index in [0.717, 1.165) is 38.2 Å². The van der Waals surface area contributed by atoms with Crippen LogP contribution in [-0.4, -0.2) is 43.4 Å². The van der Waals surface area contributed by atoms with Gasteiger partial charge in [0.25, 0.3) is 0 Å². The minimum absolute atomic E-state index is 0.299. The summed E-state index contributed by atoms with van der Waals surface area (Å²) in [5, 5.41) is 9.94. The number of hydrogen-bond acceptors (Lipinski definition) is 4. The summed E-state index contributed by atoms with van der Waals surface area (Å²) in [5.41, 5.74) is 0.935. The molecule has 4 nitrogen and oxygen atoms in total.